The highest BCUT2D eigenvalue weighted by Crippen LogP contribution is 2.13. The van der Waals surface area contributed by atoms with E-state index in [0.717, 1.165) is 12.8 Å². The van der Waals surface area contributed by atoms with Crippen molar-refractivity contribution < 1.29 is 14.7 Å². The number of amides is 1. The van der Waals surface area contributed by atoms with Gasteiger partial charge in [-0.15, -0.1) is 0 Å². The zero-order chi connectivity index (χ0) is 22.7. The van der Waals surface area contributed by atoms with Crippen LogP contribution in [0.15, 0.2) is 12.3 Å². The third kappa shape index (κ3) is 13.2. The highest BCUT2D eigenvalue weighted by Gasteiger charge is 2.17. The maximum absolute atomic E-state index is 12.2. The lowest BCUT2D eigenvalue weighted by atomic mass is 10.0. The first-order valence-corrected chi connectivity index (χ1v) is 12.6. The Labute approximate surface area is 189 Å². The summed E-state index contributed by atoms with van der Waals surface area (Å²) in [5.41, 5.74) is -0.0440. The fourth-order valence-electron chi connectivity index (χ4n) is 3.82. The van der Waals surface area contributed by atoms with Crippen LogP contribution >= 0.6 is 0 Å². The second-order valence-electron chi connectivity index (χ2n) is 8.76. The van der Waals surface area contributed by atoms with Gasteiger partial charge in [0.2, 0.25) is 5.91 Å². The molecular weight excluding hydrogens is 390 g/mol. The number of carbonyl (C=O) groups is 2. The molecule has 0 bridgehead atoms. The number of carboxylic acids is 1. The minimum atomic E-state index is -1.08. The molecule has 1 aromatic heterocycles. The van der Waals surface area contributed by atoms with E-state index in [1.54, 1.807) is 6.92 Å². The molecule has 6 heteroatoms. The summed E-state index contributed by atoms with van der Waals surface area (Å²) >= 11 is 0. The van der Waals surface area contributed by atoms with Crippen LogP contribution in [0.3, 0.4) is 0 Å². The number of nitrogens with one attached hydrogen (secondary N) is 1. The SMILES string of the molecule is CCCCCCCCCCCCCCCCCCNC(=O)C(C)n1ccc(C(=O)O)n1. The lowest BCUT2D eigenvalue weighted by molar-refractivity contribution is -0.124. The van der Waals surface area contributed by atoms with Crippen LogP contribution in [0.25, 0.3) is 0 Å². The highest BCUT2D eigenvalue weighted by atomic mass is 16.4. The Morgan fingerprint density at radius 1 is 0.871 bits per heavy atom. The molecule has 0 radical (unpaired) electrons. The molecule has 0 aliphatic carbocycles. The Kier molecular flexibility index (Phi) is 15.6. The number of hydrogen-bond donors (Lipinski definition) is 2. The maximum Gasteiger partial charge on any atom is 0.356 e. The van der Waals surface area contributed by atoms with E-state index >= 15 is 0 Å². The van der Waals surface area contributed by atoms with Crippen LogP contribution in [0, 0.1) is 0 Å². The summed E-state index contributed by atoms with van der Waals surface area (Å²) < 4.78 is 1.40. The second kappa shape index (κ2) is 17.8. The largest absolute Gasteiger partial charge is 0.476 e. The van der Waals surface area contributed by atoms with Crippen molar-refractivity contribution in [3.8, 4) is 0 Å². The fourth-order valence-corrected chi connectivity index (χ4v) is 3.82. The molecule has 2 N–H and O–H groups in total. The maximum atomic E-state index is 12.2. The lowest BCUT2D eigenvalue weighted by Crippen LogP contribution is -2.32. The minimum absolute atomic E-state index is 0.0440. The third-order valence-electron chi connectivity index (χ3n) is 5.93. The van der Waals surface area contributed by atoms with Gasteiger partial charge in [-0.25, -0.2) is 4.79 Å². The van der Waals surface area contributed by atoms with Gasteiger partial charge in [-0.3, -0.25) is 9.48 Å². The molecule has 0 aliphatic heterocycles. The van der Waals surface area contributed by atoms with Crippen molar-refractivity contribution in [3.63, 3.8) is 0 Å². The number of carbonyl (C=O) groups excluding carboxylic acids is 1. The summed E-state index contributed by atoms with van der Waals surface area (Å²) in [6, 6.07) is 0.899. The smallest absolute Gasteiger partial charge is 0.356 e. The van der Waals surface area contributed by atoms with Crippen molar-refractivity contribution in [2.75, 3.05) is 6.54 Å². The number of aromatic carboxylic acids is 1. The van der Waals surface area contributed by atoms with Gasteiger partial charge in [0, 0.05) is 12.7 Å². The van der Waals surface area contributed by atoms with Gasteiger partial charge >= 0.3 is 5.97 Å². The summed E-state index contributed by atoms with van der Waals surface area (Å²) in [6.07, 6.45) is 22.9. The molecule has 178 valence electrons. The van der Waals surface area contributed by atoms with Gasteiger partial charge in [-0.2, -0.15) is 5.10 Å². The normalized spacial score (nSPS) is 12.1. The Hall–Kier alpha value is -1.85. The van der Waals surface area contributed by atoms with E-state index in [4.69, 9.17) is 5.11 Å². The number of carboxylic acid groups (broad SMARTS) is 1. The molecule has 1 heterocycles. The monoisotopic (exact) mass is 435 g/mol. The molecule has 1 amide bonds. The van der Waals surface area contributed by atoms with Gasteiger partial charge < -0.3 is 10.4 Å². The van der Waals surface area contributed by atoms with Gasteiger partial charge in [0.15, 0.2) is 5.69 Å². The molecular formula is C25H45N3O3. The minimum Gasteiger partial charge on any atom is -0.476 e. The summed E-state index contributed by atoms with van der Waals surface area (Å²) in [7, 11) is 0. The van der Waals surface area contributed by atoms with Crippen molar-refractivity contribution in [1.82, 2.24) is 15.1 Å². The first-order valence-electron chi connectivity index (χ1n) is 12.6. The van der Waals surface area contributed by atoms with Gasteiger partial charge in [-0.1, -0.05) is 103 Å². The van der Waals surface area contributed by atoms with E-state index in [1.165, 1.54) is 107 Å². The number of nitrogens with zero attached hydrogens (tertiary/aromatic N) is 2. The van der Waals surface area contributed by atoms with Gasteiger partial charge in [0.1, 0.15) is 6.04 Å². The quantitative estimate of drug-likeness (QED) is 0.228. The van der Waals surface area contributed by atoms with Crippen LogP contribution < -0.4 is 5.32 Å². The average Bonchev–Trinajstić information content (AvgIpc) is 3.26. The zero-order valence-electron chi connectivity index (χ0n) is 19.9. The van der Waals surface area contributed by atoms with Crippen molar-refractivity contribution >= 4 is 11.9 Å². The first-order chi connectivity index (χ1) is 15.1. The number of rotatable bonds is 20. The Balaban J connectivity index is 1.87. The van der Waals surface area contributed by atoms with Crippen LogP contribution in [-0.4, -0.2) is 33.3 Å². The lowest BCUT2D eigenvalue weighted by Gasteiger charge is -2.12. The van der Waals surface area contributed by atoms with E-state index < -0.39 is 12.0 Å². The van der Waals surface area contributed by atoms with Gasteiger partial charge in [-0.05, 0) is 19.4 Å². The molecule has 31 heavy (non-hydrogen) atoms. The Bertz CT molecular complexity index is 601. The van der Waals surface area contributed by atoms with Gasteiger partial charge in [0.05, 0.1) is 0 Å². The van der Waals surface area contributed by atoms with E-state index in [0.29, 0.717) is 6.54 Å². The van der Waals surface area contributed by atoms with Crippen molar-refractivity contribution in [1.29, 1.82) is 0 Å². The Morgan fingerprint density at radius 3 is 1.74 bits per heavy atom. The summed E-state index contributed by atoms with van der Waals surface area (Å²) in [6.45, 7) is 4.66. The summed E-state index contributed by atoms with van der Waals surface area (Å²) in [5, 5.41) is 15.7. The van der Waals surface area contributed by atoms with Crippen LogP contribution in [0.2, 0.25) is 0 Å². The molecule has 0 saturated carbocycles. The molecule has 1 rings (SSSR count). The van der Waals surface area contributed by atoms with Crippen LogP contribution in [0.1, 0.15) is 133 Å². The highest BCUT2D eigenvalue weighted by molar-refractivity contribution is 5.85. The zero-order valence-corrected chi connectivity index (χ0v) is 19.9. The molecule has 1 atom stereocenters. The van der Waals surface area contributed by atoms with Crippen molar-refractivity contribution in [2.24, 2.45) is 0 Å². The number of aromatic nitrogens is 2. The standard InChI is InChI=1S/C25H45N3O3/c1-3-4-5-6-7-8-9-10-11-12-13-14-15-16-17-18-20-26-24(29)22(2)28-21-19-23(27-28)25(30)31/h19,21-22H,3-18,20H2,1-2H3,(H,26,29)(H,30,31). The average molecular weight is 436 g/mol. The van der Waals surface area contributed by atoms with E-state index in [1.807, 2.05) is 0 Å². The number of hydrogen-bond acceptors (Lipinski definition) is 3. The molecule has 1 aromatic rings. The van der Waals surface area contributed by atoms with Gasteiger partial charge in [0.25, 0.3) is 0 Å². The number of unbranched alkanes of at least 4 members (excludes halogenated alkanes) is 15. The predicted molar refractivity (Wildman–Crippen MR) is 126 cm³/mol. The van der Waals surface area contributed by atoms with Crippen molar-refractivity contribution in [2.45, 2.75) is 123 Å². The topological polar surface area (TPSA) is 84.2 Å². The van der Waals surface area contributed by atoms with E-state index in [2.05, 4.69) is 17.3 Å². The summed E-state index contributed by atoms with van der Waals surface area (Å²) in [4.78, 5) is 23.0. The molecule has 1 unspecified atom stereocenters. The molecule has 0 saturated heterocycles. The van der Waals surface area contributed by atoms with Crippen LogP contribution in [-0.2, 0) is 4.79 Å². The molecule has 6 nitrogen and oxygen atoms in total. The fraction of sp³-hybridized carbons (Fsp3) is 0.800. The molecule has 0 spiro atoms. The van der Waals surface area contributed by atoms with E-state index in [-0.39, 0.29) is 11.6 Å². The van der Waals surface area contributed by atoms with Crippen LogP contribution in [0.4, 0.5) is 0 Å². The predicted octanol–water partition coefficient (Wildman–Crippen LogP) is 6.52. The third-order valence-corrected chi connectivity index (χ3v) is 5.93. The molecule has 0 aliphatic rings. The molecule has 0 aromatic carbocycles. The molecule has 0 fully saturated rings. The van der Waals surface area contributed by atoms with Crippen LogP contribution in [0.5, 0.6) is 0 Å². The van der Waals surface area contributed by atoms with Crippen molar-refractivity contribution in [3.05, 3.63) is 18.0 Å². The summed E-state index contributed by atoms with van der Waals surface area (Å²) in [5.74, 6) is -1.21. The second-order valence-corrected chi connectivity index (χ2v) is 8.76. The van der Waals surface area contributed by atoms with E-state index in [9.17, 15) is 9.59 Å². The Morgan fingerprint density at radius 2 is 1.32 bits per heavy atom. The first kappa shape index (κ1) is 27.2.